The summed E-state index contributed by atoms with van der Waals surface area (Å²) in [6, 6.07) is 5.78. The molecule has 0 spiro atoms. The van der Waals surface area contributed by atoms with Gasteiger partial charge in [-0.25, -0.2) is 4.39 Å². The lowest BCUT2D eigenvalue weighted by Gasteiger charge is -2.00. The third-order valence-corrected chi connectivity index (χ3v) is 3.04. The highest BCUT2D eigenvalue weighted by molar-refractivity contribution is 5.81. The molecule has 1 heterocycles. The largest absolute Gasteiger partial charge is 0.461 e. The third-order valence-electron chi connectivity index (χ3n) is 3.04. The van der Waals surface area contributed by atoms with E-state index in [9.17, 15) is 4.39 Å². The zero-order valence-corrected chi connectivity index (χ0v) is 9.00. The maximum absolute atomic E-state index is 13.4. The molecule has 0 bridgehead atoms. The van der Waals surface area contributed by atoms with Crippen LogP contribution in [-0.4, -0.2) is 12.6 Å². The predicted octanol–water partition coefficient (Wildman–Crippen LogP) is 2.87. The van der Waals surface area contributed by atoms with Crippen LogP contribution in [0.2, 0.25) is 0 Å². The number of benzene rings is 1. The first-order valence-electron chi connectivity index (χ1n) is 5.72. The molecule has 2 nitrogen and oxygen atoms in total. The van der Waals surface area contributed by atoms with Gasteiger partial charge in [-0.05, 0) is 37.4 Å². The Balaban J connectivity index is 1.77. The maximum Gasteiger partial charge on any atom is 0.169 e. The smallest absolute Gasteiger partial charge is 0.169 e. The van der Waals surface area contributed by atoms with Gasteiger partial charge < -0.3 is 9.73 Å². The summed E-state index contributed by atoms with van der Waals surface area (Å²) in [6.45, 7) is 0.940. The van der Waals surface area contributed by atoms with E-state index in [1.54, 1.807) is 12.3 Å². The van der Waals surface area contributed by atoms with E-state index in [1.165, 1.54) is 18.9 Å². The van der Waals surface area contributed by atoms with Crippen molar-refractivity contribution in [3.63, 3.8) is 0 Å². The molecule has 0 unspecified atom stereocenters. The van der Waals surface area contributed by atoms with Crippen molar-refractivity contribution in [2.75, 3.05) is 6.54 Å². The lowest BCUT2D eigenvalue weighted by Crippen LogP contribution is -2.19. The Morgan fingerprint density at radius 1 is 1.38 bits per heavy atom. The Morgan fingerprint density at radius 2 is 2.25 bits per heavy atom. The molecular formula is C13H14FNO. The Labute approximate surface area is 93.4 Å². The quantitative estimate of drug-likeness (QED) is 0.855. The first-order chi connectivity index (χ1) is 7.84. The molecule has 2 aromatic rings. The second kappa shape index (κ2) is 3.91. The summed E-state index contributed by atoms with van der Waals surface area (Å²) in [5.74, 6) is -0.279. The molecule has 0 aliphatic heterocycles. The van der Waals surface area contributed by atoms with Crippen LogP contribution in [0.25, 0.3) is 11.0 Å². The lowest BCUT2D eigenvalue weighted by atomic mass is 10.1. The summed E-state index contributed by atoms with van der Waals surface area (Å²) in [6.07, 6.45) is 5.15. The van der Waals surface area contributed by atoms with E-state index in [0.29, 0.717) is 5.58 Å². The minimum absolute atomic E-state index is 0.279. The Bertz CT molecular complexity index is 502. The molecule has 1 fully saturated rings. The number of fused-ring (bicyclic) bond motifs is 1. The van der Waals surface area contributed by atoms with Crippen molar-refractivity contribution in [3.8, 4) is 0 Å². The standard InChI is InChI=1S/C13H14FNO/c14-12-3-1-2-11-9(8-16-13(11)12)6-7-15-10-4-5-10/h1-3,8,10,15H,4-7H2. The number of hydrogen-bond donors (Lipinski definition) is 1. The van der Waals surface area contributed by atoms with Crippen molar-refractivity contribution in [1.82, 2.24) is 5.32 Å². The van der Waals surface area contributed by atoms with Crippen LogP contribution in [0.15, 0.2) is 28.9 Å². The normalized spacial score (nSPS) is 15.8. The molecule has 3 heteroatoms. The van der Waals surface area contributed by atoms with Gasteiger partial charge in [-0.3, -0.25) is 0 Å². The topological polar surface area (TPSA) is 25.2 Å². The van der Waals surface area contributed by atoms with Gasteiger partial charge in [-0.1, -0.05) is 12.1 Å². The maximum atomic E-state index is 13.4. The van der Waals surface area contributed by atoms with Gasteiger partial charge in [0.1, 0.15) is 0 Å². The molecule has 0 saturated heterocycles. The molecule has 16 heavy (non-hydrogen) atoms. The number of rotatable bonds is 4. The number of furan rings is 1. The molecule has 1 aromatic carbocycles. The third kappa shape index (κ3) is 1.83. The number of nitrogens with one attached hydrogen (secondary N) is 1. The molecule has 1 saturated carbocycles. The molecule has 1 N–H and O–H groups in total. The summed E-state index contributed by atoms with van der Waals surface area (Å²) in [5.41, 5.74) is 1.46. The number of para-hydroxylation sites is 1. The highest BCUT2D eigenvalue weighted by Gasteiger charge is 2.20. The van der Waals surface area contributed by atoms with Crippen LogP contribution in [0.5, 0.6) is 0 Å². The highest BCUT2D eigenvalue weighted by atomic mass is 19.1. The van der Waals surface area contributed by atoms with E-state index in [0.717, 1.165) is 30.0 Å². The zero-order valence-electron chi connectivity index (χ0n) is 9.00. The van der Waals surface area contributed by atoms with Gasteiger partial charge in [0.2, 0.25) is 0 Å². The molecule has 0 atom stereocenters. The molecule has 1 aliphatic rings. The van der Waals surface area contributed by atoms with Gasteiger partial charge in [0.15, 0.2) is 11.4 Å². The van der Waals surface area contributed by atoms with E-state index in [1.807, 2.05) is 6.07 Å². The second-order valence-electron chi connectivity index (χ2n) is 4.36. The van der Waals surface area contributed by atoms with Gasteiger partial charge in [-0.15, -0.1) is 0 Å². The van der Waals surface area contributed by atoms with E-state index in [4.69, 9.17) is 4.42 Å². The van der Waals surface area contributed by atoms with Gasteiger partial charge in [0.05, 0.1) is 6.26 Å². The van der Waals surface area contributed by atoms with Crippen LogP contribution in [0, 0.1) is 5.82 Å². The van der Waals surface area contributed by atoms with Gasteiger partial charge in [0, 0.05) is 11.4 Å². The highest BCUT2D eigenvalue weighted by Crippen LogP contribution is 2.24. The summed E-state index contributed by atoms with van der Waals surface area (Å²) >= 11 is 0. The zero-order chi connectivity index (χ0) is 11.0. The summed E-state index contributed by atoms with van der Waals surface area (Å²) < 4.78 is 18.6. The second-order valence-corrected chi connectivity index (χ2v) is 4.36. The van der Waals surface area contributed by atoms with Gasteiger partial charge in [-0.2, -0.15) is 0 Å². The lowest BCUT2D eigenvalue weighted by molar-refractivity contribution is 0.557. The van der Waals surface area contributed by atoms with E-state index in [-0.39, 0.29) is 5.82 Å². The van der Waals surface area contributed by atoms with Crippen LogP contribution >= 0.6 is 0 Å². The van der Waals surface area contributed by atoms with E-state index in [2.05, 4.69) is 5.32 Å². The van der Waals surface area contributed by atoms with Crippen molar-refractivity contribution in [1.29, 1.82) is 0 Å². The van der Waals surface area contributed by atoms with E-state index < -0.39 is 0 Å². The number of hydrogen-bond acceptors (Lipinski definition) is 2. The average Bonchev–Trinajstić information content (AvgIpc) is 3.00. The summed E-state index contributed by atoms with van der Waals surface area (Å²) in [5, 5.41) is 4.34. The van der Waals surface area contributed by atoms with Crippen molar-refractivity contribution in [3.05, 3.63) is 35.8 Å². The summed E-state index contributed by atoms with van der Waals surface area (Å²) in [7, 11) is 0. The van der Waals surface area contributed by atoms with Gasteiger partial charge in [0.25, 0.3) is 0 Å². The van der Waals surface area contributed by atoms with Crippen LogP contribution < -0.4 is 5.32 Å². The molecule has 1 aromatic heterocycles. The van der Waals surface area contributed by atoms with Crippen molar-refractivity contribution in [2.45, 2.75) is 25.3 Å². The Morgan fingerprint density at radius 3 is 3.06 bits per heavy atom. The summed E-state index contributed by atoms with van der Waals surface area (Å²) in [4.78, 5) is 0. The van der Waals surface area contributed by atoms with Crippen LogP contribution in [0.1, 0.15) is 18.4 Å². The first kappa shape index (κ1) is 9.85. The van der Waals surface area contributed by atoms with Crippen LogP contribution in [-0.2, 0) is 6.42 Å². The van der Waals surface area contributed by atoms with E-state index >= 15 is 0 Å². The van der Waals surface area contributed by atoms with Crippen LogP contribution in [0.4, 0.5) is 4.39 Å². The fraction of sp³-hybridized carbons (Fsp3) is 0.385. The molecule has 1 aliphatic carbocycles. The van der Waals surface area contributed by atoms with Crippen molar-refractivity contribution in [2.24, 2.45) is 0 Å². The minimum Gasteiger partial charge on any atom is -0.461 e. The fourth-order valence-corrected chi connectivity index (χ4v) is 1.97. The molecule has 3 rings (SSSR count). The van der Waals surface area contributed by atoms with Crippen LogP contribution in [0.3, 0.4) is 0 Å². The minimum atomic E-state index is -0.279. The Hall–Kier alpha value is -1.35. The molecule has 84 valence electrons. The molecule has 0 amide bonds. The fourth-order valence-electron chi connectivity index (χ4n) is 1.97. The van der Waals surface area contributed by atoms with Gasteiger partial charge >= 0.3 is 0 Å². The first-order valence-corrected chi connectivity index (χ1v) is 5.72. The number of halogens is 1. The predicted molar refractivity (Wildman–Crippen MR) is 60.9 cm³/mol. The molecular weight excluding hydrogens is 205 g/mol. The van der Waals surface area contributed by atoms with Crippen molar-refractivity contribution >= 4 is 11.0 Å². The van der Waals surface area contributed by atoms with Crippen molar-refractivity contribution < 1.29 is 8.81 Å². The molecule has 0 radical (unpaired) electrons. The monoisotopic (exact) mass is 219 g/mol. The SMILES string of the molecule is Fc1cccc2c(CCNC3CC3)coc12. The average molecular weight is 219 g/mol. The Kier molecular flexibility index (Phi) is 2.40.